The van der Waals surface area contributed by atoms with Crippen LogP contribution in [-0.2, 0) is 0 Å². The molecule has 0 aliphatic carbocycles. The molecular formula is C7H14N2. The van der Waals surface area contributed by atoms with E-state index in [0.29, 0.717) is 6.04 Å². The Morgan fingerprint density at radius 3 is 2.44 bits per heavy atom. The Kier molecular flexibility index (Phi) is 3.76. The molecule has 0 fully saturated rings. The van der Waals surface area contributed by atoms with Crippen molar-refractivity contribution < 1.29 is 0 Å². The van der Waals surface area contributed by atoms with Gasteiger partial charge in [-0.3, -0.25) is 4.99 Å². The van der Waals surface area contributed by atoms with Gasteiger partial charge in [0.25, 0.3) is 0 Å². The van der Waals surface area contributed by atoms with Gasteiger partial charge in [0.1, 0.15) is 0 Å². The second-order valence-electron chi connectivity index (χ2n) is 2.21. The minimum absolute atomic E-state index is 0.368. The molecule has 0 rings (SSSR count). The molecule has 0 aliphatic heterocycles. The first kappa shape index (κ1) is 8.21. The van der Waals surface area contributed by atoms with Crippen molar-refractivity contribution in [1.82, 2.24) is 4.90 Å². The van der Waals surface area contributed by atoms with Crippen molar-refractivity contribution in [2.24, 2.45) is 4.99 Å². The van der Waals surface area contributed by atoms with E-state index in [4.69, 9.17) is 0 Å². The Labute approximate surface area is 56.9 Å². The van der Waals surface area contributed by atoms with Crippen LogP contribution in [0.4, 0.5) is 0 Å². The zero-order valence-electron chi connectivity index (χ0n) is 6.33. The van der Waals surface area contributed by atoms with E-state index >= 15 is 0 Å². The van der Waals surface area contributed by atoms with Gasteiger partial charge in [-0.2, -0.15) is 0 Å². The number of hydrogen-bond donors (Lipinski definition) is 0. The normalized spacial score (nSPS) is 10.7. The SMILES string of the molecule is C=CN(C)C=NC(C)C. The van der Waals surface area contributed by atoms with Gasteiger partial charge in [-0.15, -0.1) is 0 Å². The zero-order chi connectivity index (χ0) is 7.28. The summed E-state index contributed by atoms with van der Waals surface area (Å²) >= 11 is 0. The van der Waals surface area contributed by atoms with Crippen LogP contribution in [0.2, 0.25) is 0 Å². The van der Waals surface area contributed by atoms with Gasteiger partial charge >= 0.3 is 0 Å². The van der Waals surface area contributed by atoms with Crippen molar-refractivity contribution in [1.29, 1.82) is 0 Å². The molecule has 0 aliphatic rings. The van der Waals surface area contributed by atoms with Crippen molar-refractivity contribution in [2.45, 2.75) is 19.9 Å². The zero-order valence-corrected chi connectivity index (χ0v) is 6.33. The van der Waals surface area contributed by atoms with Crippen LogP contribution in [-0.4, -0.2) is 24.3 Å². The topological polar surface area (TPSA) is 15.6 Å². The third kappa shape index (κ3) is 5.07. The molecule has 0 aromatic rings. The Morgan fingerprint density at radius 1 is 1.56 bits per heavy atom. The molecule has 0 aromatic carbocycles. The summed E-state index contributed by atoms with van der Waals surface area (Å²) in [6, 6.07) is 0.368. The lowest BCUT2D eigenvalue weighted by molar-refractivity contribution is 0.694. The highest BCUT2D eigenvalue weighted by Crippen LogP contribution is 1.84. The molecule has 2 heteroatoms. The molecule has 0 saturated carbocycles. The van der Waals surface area contributed by atoms with E-state index in [1.54, 1.807) is 12.5 Å². The average Bonchev–Trinajstić information content (AvgIpc) is 1.83. The van der Waals surface area contributed by atoms with Gasteiger partial charge in [-0.05, 0) is 20.0 Å². The molecule has 52 valence electrons. The quantitative estimate of drug-likeness (QED) is 0.413. The molecule has 0 atom stereocenters. The van der Waals surface area contributed by atoms with Gasteiger partial charge in [-0.1, -0.05) is 6.58 Å². The lowest BCUT2D eigenvalue weighted by Crippen LogP contribution is -2.07. The molecule has 0 radical (unpaired) electrons. The number of aliphatic imine (C=N–C) groups is 1. The minimum atomic E-state index is 0.368. The van der Waals surface area contributed by atoms with E-state index in [2.05, 4.69) is 11.6 Å². The molecule has 0 amide bonds. The molecule has 0 bridgehead atoms. The summed E-state index contributed by atoms with van der Waals surface area (Å²) in [4.78, 5) is 5.94. The van der Waals surface area contributed by atoms with Crippen LogP contribution in [0.25, 0.3) is 0 Å². The maximum atomic E-state index is 4.12. The molecule has 0 spiro atoms. The van der Waals surface area contributed by atoms with Gasteiger partial charge in [0, 0.05) is 13.1 Å². The maximum Gasteiger partial charge on any atom is 0.0890 e. The van der Waals surface area contributed by atoms with E-state index in [1.165, 1.54) is 0 Å². The second-order valence-corrected chi connectivity index (χ2v) is 2.21. The van der Waals surface area contributed by atoms with E-state index in [0.717, 1.165) is 0 Å². The van der Waals surface area contributed by atoms with Crippen LogP contribution in [0.3, 0.4) is 0 Å². The van der Waals surface area contributed by atoms with Crippen LogP contribution >= 0.6 is 0 Å². The van der Waals surface area contributed by atoms with Gasteiger partial charge in [0.2, 0.25) is 0 Å². The third-order valence-electron chi connectivity index (χ3n) is 0.835. The Bertz CT molecular complexity index is 105. The first-order valence-electron chi connectivity index (χ1n) is 3.04. The van der Waals surface area contributed by atoms with E-state index in [1.807, 2.05) is 25.8 Å². The number of rotatable bonds is 3. The number of nitrogens with zero attached hydrogens (tertiary/aromatic N) is 2. The lowest BCUT2D eigenvalue weighted by atomic mass is 10.4. The standard InChI is InChI=1S/C7H14N2/c1-5-9(4)6-8-7(2)3/h5-7H,1H2,2-4H3. The monoisotopic (exact) mass is 126 g/mol. The van der Waals surface area contributed by atoms with E-state index < -0.39 is 0 Å². The molecule has 0 heterocycles. The highest BCUT2D eigenvalue weighted by atomic mass is 15.1. The van der Waals surface area contributed by atoms with Crippen LogP contribution in [0.15, 0.2) is 17.8 Å². The van der Waals surface area contributed by atoms with Gasteiger partial charge in [0.15, 0.2) is 0 Å². The summed E-state index contributed by atoms with van der Waals surface area (Å²) in [6.07, 6.45) is 3.48. The fourth-order valence-corrected chi connectivity index (χ4v) is 0.286. The lowest BCUT2D eigenvalue weighted by Gasteiger charge is -2.04. The molecule has 2 nitrogen and oxygen atoms in total. The van der Waals surface area contributed by atoms with Crippen molar-refractivity contribution in [3.05, 3.63) is 12.8 Å². The highest BCUT2D eigenvalue weighted by Gasteiger charge is 1.83. The average molecular weight is 126 g/mol. The Balaban J connectivity index is 3.56. The second kappa shape index (κ2) is 4.13. The predicted octanol–water partition coefficient (Wildman–Crippen LogP) is 1.50. The first-order valence-corrected chi connectivity index (χ1v) is 3.04. The number of hydrogen-bond acceptors (Lipinski definition) is 1. The largest absolute Gasteiger partial charge is 0.343 e. The highest BCUT2D eigenvalue weighted by molar-refractivity contribution is 5.55. The van der Waals surface area contributed by atoms with Gasteiger partial charge in [0.05, 0.1) is 6.34 Å². The van der Waals surface area contributed by atoms with E-state index in [9.17, 15) is 0 Å². The molecule has 0 N–H and O–H groups in total. The minimum Gasteiger partial charge on any atom is -0.343 e. The van der Waals surface area contributed by atoms with Crippen LogP contribution in [0.1, 0.15) is 13.8 Å². The Morgan fingerprint density at radius 2 is 2.11 bits per heavy atom. The fourth-order valence-electron chi connectivity index (χ4n) is 0.286. The molecular weight excluding hydrogens is 112 g/mol. The van der Waals surface area contributed by atoms with Crippen molar-refractivity contribution in [3.63, 3.8) is 0 Å². The van der Waals surface area contributed by atoms with Gasteiger partial charge < -0.3 is 4.90 Å². The molecule has 0 aromatic heterocycles. The smallest absolute Gasteiger partial charge is 0.0890 e. The Hall–Kier alpha value is -0.790. The summed E-state index contributed by atoms with van der Waals surface area (Å²) in [6.45, 7) is 7.64. The molecule has 0 unspecified atom stereocenters. The fraction of sp³-hybridized carbons (Fsp3) is 0.571. The summed E-state index contributed by atoms with van der Waals surface area (Å²) in [7, 11) is 1.90. The van der Waals surface area contributed by atoms with Crippen molar-refractivity contribution >= 4 is 6.34 Å². The maximum absolute atomic E-state index is 4.12. The van der Waals surface area contributed by atoms with Gasteiger partial charge in [-0.25, -0.2) is 0 Å². The van der Waals surface area contributed by atoms with Crippen LogP contribution in [0, 0.1) is 0 Å². The summed E-state index contributed by atoms with van der Waals surface area (Å²) in [5, 5.41) is 0. The molecule has 9 heavy (non-hydrogen) atoms. The van der Waals surface area contributed by atoms with Crippen molar-refractivity contribution in [2.75, 3.05) is 7.05 Å². The first-order chi connectivity index (χ1) is 4.16. The molecule has 0 saturated heterocycles. The van der Waals surface area contributed by atoms with Crippen LogP contribution in [0.5, 0.6) is 0 Å². The predicted molar refractivity (Wildman–Crippen MR) is 41.6 cm³/mol. The third-order valence-corrected chi connectivity index (χ3v) is 0.835. The summed E-state index contributed by atoms with van der Waals surface area (Å²) in [5.74, 6) is 0. The summed E-state index contributed by atoms with van der Waals surface area (Å²) in [5.41, 5.74) is 0. The van der Waals surface area contributed by atoms with Crippen molar-refractivity contribution in [3.8, 4) is 0 Å². The van der Waals surface area contributed by atoms with Crippen LogP contribution < -0.4 is 0 Å². The van der Waals surface area contributed by atoms with E-state index in [-0.39, 0.29) is 0 Å². The summed E-state index contributed by atoms with van der Waals surface area (Å²) < 4.78 is 0.